The fourth-order valence-electron chi connectivity index (χ4n) is 5.16. The van der Waals surface area contributed by atoms with Gasteiger partial charge in [-0.3, -0.25) is 0 Å². The van der Waals surface area contributed by atoms with Crippen LogP contribution >= 0.6 is 11.6 Å². The first-order chi connectivity index (χ1) is 16.5. The maximum absolute atomic E-state index is 13.8. The molecular formula is C28H20ClN3O2. The summed E-state index contributed by atoms with van der Waals surface area (Å²) in [4.78, 5) is 15.7. The second-order valence-electron chi connectivity index (χ2n) is 8.52. The van der Waals surface area contributed by atoms with Crippen molar-refractivity contribution in [2.24, 2.45) is 5.41 Å². The molecule has 2 heterocycles. The number of aryl methyl sites for hydroxylation is 1. The van der Waals surface area contributed by atoms with Crippen molar-refractivity contribution in [3.8, 4) is 17.9 Å². The van der Waals surface area contributed by atoms with Gasteiger partial charge in [-0.25, -0.2) is 4.79 Å². The lowest BCUT2D eigenvalue weighted by molar-refractivity contribution is -0.136. The first-order valence-corrected chi connectivity index (χ1v) is 11.3. The third-order valence-corrected chi connectivity index (χ3v) is 6.96. The van der Waals surface area contributed by atoms with E-state index in [4.69, 9.17) is 16.3 Å². The van der Waals surface area contributed by atoms with Crippen LogP contribution in [0.15, 0.2) is 78.9 Å². The molecule has 166 valence electrons. The lowest BCUT2D eigenvalue weighted by atomic mass is 9.69. The lowest BCUT2D eigenvalue weighted by Gasteiger charge is -2.35. The Morgan fingerprint density at radius 1 is 1.00 bits per heavy atom. The van der Waals surface area contributed by atoms with Crippen LogP contribution in [0.4, 0.5) is 5.69 Å². The van der Waals surface area contributed by atoms with Crippen LogP contribution in [0.2, 0.25) is 5.02 Å². The molecule has 0 radical (unpaired) electrons. The number of para-hydroxylation sites is 1. The fraction of sp³-hybridized carbons (Fsp3) is 0.179. The average molecular weight is 466 g/mol. The Kier molecular flexibility index (Phi) is 5.36. The summed E-state index contributed by atoms with van der Waals surface area (Å²) in [7, 11) is 0. The van der Waals surface area contributed by atoms with Crippen LogP contribution in [0, 0.1) is 35.0 Å². The normalized spacial score (nSPS) is 21.6. The molecule has 0 aromatic heterocycles. The first kappa shape index (κ1) is 21.8. The number of halogens is 1. The van der Waals surface area contributed by atoms with E-state index in [1.54, 1.807) is 24.3 Å². The topological polar surface area (TPSA) is 77.1 Å². The van der Waals surface area contributed by atoms with Crippen molar-refractivity contribution in [3.05, 3.63) is 101 Å². The molecule has 3 atom stereocenters. The van der Waals surface area contributed by atoms with Crippen molar-refractivity contribution < 1.29 is 9.53 Å². The molecule has 0 saturated carbocycles. The van der Waals surface area contributed by atoms with Crippen molar-refractivity contribution in [2.45, 2.75) is 24.9 Å². The molecule has 0 amide bonds. The molecule has 0 spiro atoms. The summed E-state index contributed by atoms with van der Waals surface area (Å²) in [5.74, 6) is -0.913. The highest BCUT2D eigenvalue weighted by Gasteiger charge is 2.64. The smallest absolute Gasteiger partial charge is 0.334 e. The summed E-state index contributed by atoms with van der Waals surface area (Å²) in [6.07, 6.45) is 3.78. The monoisotopic (exact) mass is 465 g/mol. The van der Waals surface area contributed by atoms with Crippen molar-refractivity contribution in [3.63, 3.8) is 0 Å². The van der Waals surface area contributed by atoms with Gasteiger partial charge in [-0.2, -0.15) is 10.5 Å². The van der Waals surface area contributed by atoms with Crippen molar-refractivity contribution in [1.82, 2.24) is 0 Å². The summed E-state index contributed by atoms with van der Waals surface area (Å²) in [6, 6.07) is 24.9. The number of benzene rings is 3. The van der Waals surface area contributed by atoms with Crippen LogP contribution in [0.3, 0.4) is 0 Å². The van der Waals surface area contributed by atoms with Gasteiger partial charge in [0.05, 0.1) is 18.2 Å². The minimum Gasteiger partial charge on any atom is -0.425 e. The number of ether oxygens (including phenoxy) is 1. The van der Waals surface area contributed by atoms with Gasteiger partial charge in [0.1, 0.15) is 11.8 Å². The van der Waals surface area contributed by atoms with Gasteiger partial charge in [0.2, 0.25) is 0 Å². The number of esters is 1. The fourth-order valence-corrected chi connectivity index (χ4v) is 5.29. The van der Waals surface area contributed by atoms with E-state index in [2.05, 4.69) is 12.1 Å². The van der Waals surface area contributed by atoms with E-state index >= 15 is 0 Å². The standard InChI is InChI=1S/C28H20ClN3O2/c1-18-6-2-4-8-22(18)25-26(27(33)34-21-13-11-20(29)12-14-21)32-23-9-5-3-7-19(23)10-15-24(32)28(25,16-30)17-31/h2-15,24-26H,1H3. The number of nitriles is 2. The van der Waals surface area contributed by atoms with Crippen LogP contribution in [0.5, 0.6) is 5.75 Å². The number of fused-ring (bicyclic) bond motifs is 3. The number of hydrogen-bond acceptors (Lipinski definition) is 5. The van der Waals surface area contributed by atoms with Crippen molar-refractivity contribution in [2.75, 3.05) is 4.90 Å². The van der Waals surface area contributed by atoms with Gasteiger partial charge in [-0.1, -0.05) is 66.2 Å². The number of hydrogen-bond donors (Lipinski definition) is 0. The molecule has 34 heavy (non-hydrogen) atoms. The quantitative estimate of drug-likeness (QED) is 0.368. The first-order valence-electron chi connectivity index (χ1n) is 10.9. The zero-order valence-electron chi connectivity index (χ0n) is 18.4. The van der Waals surface area contributed by atoms with Crippen molar-refractivity contribution in [1.29, 1.82) is 10.5 Å². The molecule has 0 aliphatic carbocycles. The van der Waals surface area contributed by atoms with Crippen molar-refractivity contribution >= 4 is 29.3 Å². The van der Waals surface area contributed by atoms with Gasteiger partial charge >= 0.3 is 5.97 Å². The number of carbonyl (C=O) groups is 1. The van der Waals surface area contributed by atoms with Gasteiger partial charge in [-0.05, 0) is 53.9 Å². The van der Waals surface area contributed by atoms with Crippen LogP contribution < -0.4 is 9.64 Å². The Balaban J connectivity index is 1.72. The van der Waals surface area contributed by atoms with Gasteiger partial charge in [0, 0.05) is 16.6 Å². The highest BCUT2D eigenvalue weighted by molar-refractivity contribution is 6.30. The zero-order chi connectivity index (χ0) is 23.9. The molecule has 3 unspecified atom stereocenters. The summed E-state index contributed by atoms with van der Waals surface area (Å²) in [6.45, 7) is 1.93. The van der Waals surface area contributed by atoms with Crippen LogP contribution in [0.1, 0.15) is 22.6 Å². The highest BCUT2D eigenvalue weighted by Crippen LogP contribution is 2.55. The predicted molar refractivity (Wildman–Crippen MR) is 130 cm³/mol. The molecule has 3 aromatic carbocycles. The third-order valence-electron chi connectivity index (χ3n) is 6.71. The highest BCUT2D eigenvalue weighted by atomic mass is 35.5. The molecule has 1 fully saturated rings. The maximum Gasteiger partial charge on any atom is 0.334 e. The number of nitrogens with zero attached hydrogens (tertiary/aromatic N) is 3. The van der Waals surface area contributed by atoms with E-state index in [1.807, 2.05) is 72.5 Å². The second kappa shape index (κ2) is 8.37. The Morgan fingerprint density at radius 3 is 2.38 bits per heavy atom. The zero-order valence-corrected chi connectivity index (χ0v) is 19.1. The minimum atomic E-state index is -1.50. The molecule has 5 rings (SSSR count). The van der Waals surface area contributed by atoms with Crippen LogP contribution in [0.25, 0.3) is 6.08 Å². The Bertz CT molecular complexity index is 1370. The number of rotatable bonds is 3. The third kappa shape index (κ3) is 3.25. The van der Waals surface area contributed by atoms with E-state index in [0.29, 0.717) is 10.8 Å². The Morgan fingerprint density at radius 2 is 1.68 bits per heavy atom. The number of carbonyl (C=O) groups excluding carboxylic acids is 1. The largest absolute Gasteiger partial charge is 0.425 e. The maximum atomic E-state index is 13.8. The predicted octanol–water partition coefficient (Wildman–Crippen LogP) is 5.66. The van der Waals surface area contributed by atoms with Crippen LogP contribution in [-0.2, 0) is 4.79 Å². The molecular weight excluding hydrogens is 446 g/mol. The molecule has 0 bridgehead atoms. The molecule has 0 N–H and O–H groups in total. The summed E-state index contributed by atoms with van der Waals surface area (Å²) < 4.78 is 5.81. The Labute approximate surface area is 203 Å². The van der Waals surface area contributed by atoms with E-state index in [1.165, 1.54) is 0 Å². The molecule has 2 aliphatic rings. The van der Waals surface area contributed by atoms with Gasteiger partial charge < -0.3 is 9.64 Å². The minimum absolute atomic E-state index is 0.349. The summed E-state index contributed by atoms with van der Waals surface area (Å²) in [5.41, 5.74) is 1.89. The van der Waals surface area contributed by atoms with Crippen LogP contribution in [-0.4, -0.2) is 18.1 Å². The Hall–Kier alpha value is -4.06. The van der Waals surface area contributed by atoms with Gasteiger partial charge in [0.15, 0.2) is 5.41 Å². The number of anilines is 1. The second-order valence-corrected chi connectivity index (χ2v) is 8.95. The van der Waals surface area contributed by atoms with E-state index in [-0.39, 0.29) is 0 Å². The van der Waals surface area contributed by atoms with E-state index in [0.717, 1.165) is 22.4 Å². The summed E-state index contributed by atoms with van der Waals surface area (Å²) >= 11 is 5.99. The SMILES string of the molecule is Cc1ccccc1C1C(C(=O)Oc2ccc(Cl)cc2)N2c3ccccc3C=CC2C1(C#N)C#N. The molecule has 6 heteroatoms. The lowest BCUT2D eigenvalue weighted by Crippen LogP contribution is -2.45. The van der Waals surface area contributed by atoms with E-state index in [9.17, 15) is 15.3 Å². The molecule has 2 aliphatic heterocycles. The summed E-state index contributed by atoms with van der Waals surface area (Å²) in [5, 5.41) is 21.4. The van der Waals surface area contributed by atoms with Gasteiger partial charge in [0.25, 0.3) is 0 Å². The van der Waals surface area contributed by atoms with E-state index < -0.39 is 29.4 Å². The van der Waals surface area contributed by atoms with Gasteiger partial charge in [-0.15, -0.1) is 0 Å². The average Bonchev–Trinajstić information content (AvgIpc) is 3.16. The molecule has 3 aromatic rings. The molecule has 1 saturated heterocycles. The molecule has 5 nitrogen and oxygen atoms in total.